The Kier molecular flexibility index (Phi) is 6.41. The molecule has 0 saturated carbocycles. The fourth-order valence-electron chi connectivity index (χ4n) is 2.08. The summed E-state index contributed by atoms with van der Waals surface area (Å²) in [6.07, 6.45) is 2.22. The van der Waals surface area contributed by atoms with E-state index >= 15 is 0 Å². The summed E-state index contributed by atoms with van der Waals surface area (Å²) in [5.74, 6) is 0.404. The minimum absolute atomic E-state index is 0.0621. The highest BCUT2D eigenvalue weighted by atomic mass is 35.5. The molecule has 0 bridgehead atoms. The lowest BCUT2D eigenvalue weighted by Crippen LogP contribution is -2.26. The highest BCUT2D eigenvalue weighted by Crippen LogP contribution is 2.13. The van der Waals surface area contributed by atoms with Crippen molar-refractivity contribution in [2.75, 3.05) is 13.7 Å². The van der Waals surface area contributed by atoms with Gasteiger partial charge in [-0.05, 0) is 47.9 Å². The molecule has 0 aliphatic carbocycles. The van der Waals surface area contributed by atoms with E-state index in [1.54, 1.807) is 37.5 Å². The Morgan fingerprint density at radius 2 is 1.88 bits per heavy atom. The molecule has 2 aromatic rings. The van der Waals surface area contributed by atoms with Gasteiger partial charge in [0, 0.05) is 11.6 Å². The lowest BCUT2D eigenvalue weighted by atomic mass is 10.1. The van der Waals surface area contributed by atoms with Gasteiger partial charge in [-0.3, -0.25) is 4.79 Å². The minimum Gasteiger partial charge on any atom is -0.497 e. The molecule has 1 N–H and O–H groups in total. The second kappa shape index (κ2) is 8.76. The second-order valence-corrected chi connectivity index (χ2v) is 5.51. The van der Waals surface area contributed by atoms with Gasteiger partial charge in [-0.1, -0.05) is 35.9 Å². The normalized spacial score (nSPS) is 10.8. The van der Waals surface area contributed by atoms with Gasteiger partial charge in [-0.15, -0.1) is 0 Å². The van der Waals surface area contributed by atoms with Gasteiger partial charge >= 0.3 is 0 Å². The fraction of sp³-hybridized carbons (Fsp3) is 0.158. The van der Waals surface area contributed by atoms with Crippen LogP contribution in [0.1, 0.15) is 11.1 Å². The maximum Gasteiger partial charge on any atom is 0.261 e. The van der Waals surface area contributed by atoms with Crippen molar-refractivity contribution < 1.29 is 9.53 Å². The van der Waals surface area contributed by atoms with E-state index in [0.29, 0.717) is 18.0 Å². The van der Waals surface area contributed by atoms with E-state index < -0.39 is 0 Å². The number of halogens is 1. The van der Waals surface area contributed by atoms with Crippen molar-refractivity contribution >= 4 is 23.6 Å². The summed E-state index contributed by atoms with van der Waals surface area (Å²) in [4.78, 5) is 12.1. The first-order valence-corrected chi connectivity index (χ1v) is 7.78. The quantitative estimate of drug-likeness (QED) is 0.645. The minimum atomic E-state index is -0.388. The third-order valence-electron chi connectivity index (χ3n) is 3.40. The molecule has 2 aromatic carbocycles. The van der Waals surface area contributed by atoms with Gasteiger partial charge < -0.3 is 10.1 Å². The van der Waals surface area contributed by atoms with Gasteiger partial charge in [-0.2, -0.15) is 5.26 Å². The molecule has 0 radical (unpaired) electrons. The Labute approximate surface area is 146 Å². The van der Waals surface area contributed by atoms with Gasteiger partial charge in [0.2, 0.25) is 0 Å². The largest absolute Gasteiger partial charge is 0.497 e. The topological polar surface area (TPSA) is 62.1 Å². The van der Waals surface area contributed by atoms with Crippen molar-refractivity contribution in [2.45, 2.75) is 6.42 Å². The zero-order chi connectivity index (χ0) is 17.4. The molecule has 122 valence electrons. The standard InChI is InChI=1S/C19H17ClN2O2/c1-24-18-8-4-14(5-9-18)10-11-22-19(23)16(13-21)12-15-2-6-17(20)7-3-15/h2-9,12H,10-11H2,1H3,(H,22,23)/b16-12-. The Hall–Kier alpha value is -2.77. The summed E-state index contributed by atoms with van der Waals surface area (Å²) in [7, 11) is 1.62. The lowest BCUT2D eigenvalue weighted by molar-refractivity contribution is -0.117. The number of ether oxygens (including phenoxy) is 1. The Morgan fingerprint density at radius 3 is 2.46 bits per heavy atom. The van der Waals surface area contributed by atoms with Crippen LogP contribution in [0.3, 0.4) is 0 Å². The number of nitrogens with one attached hydrogen (secondary N) is 1. The molecule has 0 atom stereocenters. The number of methoxy groups -OCH3 is 1. The third kappa shape index (κ3) is 5.15. The van der Waals surface area contributed by atoms with Crippen LogP contribution in [0.15, 0.2) is 54.1 Å². The molecule has 0 heterocycles. The molecule has 0 aliphatic rings. The van der Waals surface area contributed by atoms with Crippen LogP contribution in [0.25, 0.3) is 6.08 Å². The van der Waals surface area contributed by atoms with Gasteiger partial charge in [-0.25, -0.2) is 0 Å². The van der Waals surface area contributed by atoms with E-state index in [4.69, 9.17) is 21.6 Å². The number of nitriles is 1. The van der Waals surface area contributed by atoms with Gasteiger partial charge in [0.15, 0.2) is 0 Å². The number of hydrogen-bond donors (Lipinski definition) is 1. The number of nitrogens with zero attached hydrogens (tertiary/aromatic N) is 1. The van der Waals surface area contributed by atoms with Crippen molar-refractivity contribution in [1.82, 2.24) is 5.32 Å². The molecule has 0 spiro atoms. The van der Waals surface area contributed by atoms with E-state index in [2.05, 4.69) is 5.32 Å². The van der Waals surface area contributed by atoms with Gasteiger partial charge in [0.25, 0.3) is 5.91 Å². The Morgan fingerprint density at radius 1 is 1.21 bits per heavy atom. The number of hydrogen-bond acceptors (Lipinski definition) is 3. The number of amides is 1. The predicted molar refractivity (Wildman–Crippen MR) is 94.7 cm³/mol. The van der Waals surface area contributed by atoms with Crippen molar-refractivity contribution in [3.8, 4) is 11.8 Å². The molecule has 0 aromatic heterocycles. The van der Waals surface area contributed by atoms with Crippen LogP contribution in [0.5, 0.6) is 5.75 Å². The zero-order valence-electron chi connectivity index (χ0n) is 13.3. The average Bonchev–Trinajstić information content (AvgIpc) is 2.61. The summed E-state index contributed by atoms with van der Waals surface area (Å²) >= 11 is 5.82. The van der Waals surface area contributed by atoms with Crippen molar-refractivity contribution in [3.63, 3.8) is 0 Å². The first kappa shape index (κ1) is 17.6. The number of benzene rings is 2. The maximum atomic E-state index is 12.1. The van der Waals surface area contributed by atoms with E-state index in [1.807, 2.05) is 30.3 Å². The first-order chi connectivity index (χ1) is 11.6. The SMILES string of the molecule is COc1ccc(CCNC(=O)/C(C#N)=C\c2ccc(Cl)cc2)cc1. The molecule has 2 rings (SSSR count). The summed E-state index contributed by atoms with van der Waals surface area (Å²) in [5, 5.41) is 12.5. The number of rotatable bonds is 6. The third-order valence-corrected chi connectivity index (χ3v) is 3.66. The van der Waals surface area contributed by atoms with E-state index in [1.165, 1.54) is 0 Å². The molecule has 0 saturated heterocycles. The molecule has 0 fully saturated rings. The van der Waals surface area contributed by atoms with Crippen LogP contribution in [0.4, 0.5) is 0 Å². The predicted octanol–water partition coefficient (Wildman–Crippen LogP) is 3.61. The monoisotopic (exact) mass is 340 g/mol. The molecular formula is C19H17ClN2O2. The number of carbonyl (C=O) groups excluding carboxylic acids is 1. The molecule has 0 unspecified atom stereocenters. The van der Waals surface area contributed by atoms with Crippen LogP contribution >= 0.6 is 11.6 Å². The molecule has 0 aliphatic heterocycles. The van der Waals surface area contributed by atoms with Crippen molar-refractivity contribution in [2.24, 2.45) is 0 Å². The molecule has 24 heavy (non-hydrogen) atoms. The zero-order valence-corrected chi connectivity index (χ0v) is 14.0. The van der Waals surface area contributed by atoms with Crippen LogP contribution < -0.4 is 10.1 Å². The highest BCUT2D eigenvalue weighted by molar-refractivity contribution is 6.30. The summed E-state index contributed by atoms with van der Waals surface area (Å²) < 4.78 is 5.10. The lowest BCUT2D eigenvalue weighted by Gasteiger charge is -2.06. The average molecular weight is 341 g/mol. The second-order valence-electron chi connectivity index (χ2n) is 5.08. The Balaban J connectivity index is 1.92. The molecule has 4 nitrogen and oxygen atoms in total. The van der Waals surface area contributed by atoms with E-state index in [9.17, 15) is 4.79 Å². The highest BCUT2D eigenvalue weighted by Gasteiger charge is 2.08. The Bertz CT molecular complexity index is 759. The molecule has 1 amide bonds. The van der Waals surface area contributed by atoms with Gasteiger partial charge in [0.05, 0.1) is 7.11 Å². The summed E-state index contributed by atoms with van der Waals surface area (Å²) in [6, 6.07) is 16.5. The first-order valence-electron chi connectivity index (χ1n) is 7.41. The smallest absolute Gasteiger partial charge is 0.261 e. The summed E-state index contributed by atoms with van der Waals surface area (Å²) in [5.41, 5.74) is 1.89. The van der Waals surface area contributed by atoms with Crippen molar-refractivity contribution in [3.05, 3.63) is 70.3 Å². The van der Waals surface area contributed by atoms with Crippen molar-refractivity contribution in [1.29, 1.82) is 5.26 Å². The van der Waals surface area contributed by atoms with Crippen LogP contribution in [-0.4, -0.2) is 19.6 Å². The van der Waals surface area contributed by atoms with Crippen LogP contribution in [0, 0.1) is 11.3 Å². The summed E-state index contributed by atoms with van der Waals surface area (Å²) in [6.45, 7) is 0.449. The molecular weight excluding hydrogens is 324 g/mol. The van der Waals surface area contributed by atoms with E-state index in [-0.39, 0.29) is 11.5 Å². The fourth-order valence-corrected chi connectivity index (χ4v) is 2.21. The van der Waals surface area contributed by atoms with Crippen LogP contribution in [-0.2, 0) is 11.2 Å². The van der Waals surface area contributed by atoms with Crippen LogP contribution in [0.2, 0.25) is 5.02 Å². The number of carbonyl (C=O) groups is 1. The molecule has 5 heteroatoms. The van der Waals surface area contributed by atoms with Gasteiger partial charge in [0.1, 0.15) is 17.4 Å². The maximum absolute atomic E-state index is 12.1. The van der Waals surface area contributed by atoms with E-state index in [0.717, 1.165) is 16.9 Å².